The molecule has 1 aromatic carbocycles. The summed E-state index contributed by atoms with van der Waals surface area (Å²) in [6.45, 7) is 5.38. The lowest BCUT2D eigenvalue weighted by molar-refractivity contribution is 0.378. The van der Waals surface area contributed by atoms with Gasteiger partial charge in [0.1, 0.15) is 11.5 Å². The maximum atomic E-state index is 5.47. The smallest absolute Gasteiger partial charge is 0.126 e. The fraction of sp³-hybridized carbons (Fsp3) is 0.538. The molecule has 0 radical (unpaired) electrons. The second-order valence-corrected chi connectivity index (χ2v) is 4.36. The van der Waals surface area contributed by atoms with Crippen LogP contribution in [0.2, 0.25) is 0 Å². The molecule has 2 unspecified atom stereocenters. The molecule has 0 fully saturated rings. The van der Waals surface area contributed by atoms with E-state index in [9.17, 15) is 0 Å². The molecule has 16 heavy (non-hydrogen) atoms. The van der Waals surface area contributed by atoms with E-state index in [-0.39, 0.29) is 0 Å². The molecule has 0 saturated carbocycles. The second-order valence-electron chi connectivity index (χ2n) is 4.36. The van der Waals surface area contributed by atoms with Crippen LogP contribution in [0.4, 0.5) is 0 Å². The zero-order valence-corrected chi connectivity index (χ0v) is 10.3. The molecule has 1 heterocycles. The van der Waals surface area contributed by atoms with Crippen LogP contribution in [0.1, 0.15) is 36.9 Å². The number of rotatable bonds is 2. The van der Waals surface area contributed by atoms with Crippen molar-refractivity contribution in [3.8, 4) is 11.5 Å². The zero-order chi connectivity index (χ0) is 11.7. The summed E-state index contributed by atoms with van der Waals surface area (Å²) in [5.41, 5.74) is 2.60. The molecule has 3 heteroatoms. The van der Waals surface area contributed by atoms with Gasteiger partial charge in [-0.1, -0.05) is 6.92 Å². The molecule has 1 N–H and O–H groups in total. The van der Waals surface area contributed by atoms with Gasteiger partial charge in [-0.2, -0.15) is 0 Å². The summed E-state index contributed by atoms with van der Waals surface area (Å²) in [6, 6.07) is 4.42. The number of benzene rings is 1. The van der Waals surface area contributed by atoms with E-state index in [1.165, 1.54) is 11.1 Å². The first kappa shape index (κ1) is 11.3. The minimum atomic E-state index is 0.357. The van der Waals surface area contributed by atoms with Gasteiger partial charge >= 0.3 is 0 Å². The van der Waals surface area contributed by atoms with Crippen molar-refractivity contribution in [2.45, 2.75) is 25.8 Å². The lowest BCUT2D eigenvalue weighted by Gasteiger charge is -2.30. The fourth-order valence-electron chi connectivity index (χ4n) is 2.36. The van der Waals surface area contributed by atoms with Gasteiger partial charge in [-0.25, -0.2) is 0 Å². The third-order valence-electron chi connectivity index (χ3n) is 3.29. The lowest BCUT2D eigenvalue weighted by Crippen LogP contribution is -2.30. The first-order valence-electron chi connectivity index (χ1n) is 5.66. The minimum absolute atomic E-state index is 0.357. The molecule has 0 bridgehead atoms. The SMILES string of the molecule is COc1cc(OC)c2c(c1)C(C)NCC2C. The van der Waals surface area contributed by atoms with Gasteiger partial charge in [0.05, 0.1) is 14.2 Å². The van der Waals surface area contributed by atoms with Crippen LogP contribution in [0.25, 0.3) is 0 Å². The predicted octanol–water partition coefficient (Wildman–Crippen LogP) is 2.47. The molecule has 2 atom stereocenters. The van der Waals surface area contributed by atoms with Crippen LogP contribution >= 0.6 is 0 Å². The van der Waals surface area contributed by atoms with Crippen LogP contribution in [0, 0.1) is 0 Å². The van der Waals surface area contributed by atoms with Crippen LogP contribution in [0.5, 0.6) is 11.5 Å². The van der Waals surface area contributed by atoms with Crippen molar-refractivity contribution in [2.75, 3.05) is 20.8 Å². The van der Waals surface area contributed by atoms with Gasteiger partial charge in [0.25, 0.3) is 0 Å². The number of hydrogen-bond acceptors (Lipinski definition) is 3. The third-order valence-corrected chi connectivity index (χ3v) is 3.29. The van der Waals surface area contributed by atoms with Crippen molar-refractivity contribution in [3.05, 3.63) is 23.3 Å². The molecule has 0 spiro atoms. The van der Waals surface area contributed by atoms with Gasteiger partial charge in [0.15, 0.2) is 0 Å². The number of nitrogens with one attached hydrogen (secondary N) is 1. The van der Waals surface area contributed by atoms with Crippen LogP contribution in [0.15, 0.2) is 12.1 Å². The molecule has 0 saturated heterocycles. The van der Waals surface area contributed by atoms with E-state index in [1.54, 1.807) is 14.2 Å². The Hall–Kier alpha value is -1.22. The van der Waals surface area contributed by atoms with Gasteiger partial charge in [0.2, 0.25) is 0 Å². The zero-order valence-electron chi connectivity index (χ0n) is 10.3. The van der Waals surface area contributed by atoms with Crippen LogP contribution in [0.3, 0.4) is 0 Å². The molecular weight excluding hydrogens is 202 g/mol. The first-order valence-corrected chi connectivity index (χ1v) is 5.66. The molecule has 0 aromatic heterocycles. The van der Waals surface area contributed by atoms with Gasteiger partial charge in [-0.05, 0) is 24.5 Å². The highest BCUT2D eigenvalue weighted by Crippen LogP contribution is 2.39. The largest absolute Gasteiger partial charge is 0.497 e. The topological polar surface area (TPSA) is 30.5 Å². The van der Waals surface area contributed by atoms with E-state index in [0.717, 1.165) is 18.0 Å². The summed E-state index contributed by atoms with van der Waals surface area (Å²) in [5, 5.41) is 3.48. The maximum absolute atomic E-state index is 5.47. The number of methoxy groups -OCH3 is 2. The Morgan fingerprint density at radius 3 is 2.56 bits per heavy atom. The van der Waals surface area contributed by atoms with E-state index in [1.807, 2.05) is 6.07 Å². The summed E-state index contributed by atoms with van der Waals surface area (Å²) >= 11 is 0. The molecule has 0 amide bonds. The Bertz CT molecular complexity index is 390. The molecule has 3 nitrogen and oxygen atoms in total. The van der Waals surface area contributed by atoms with Crippen molar-refractivity contribution in [1.29, 1.82) is 0 Å². The van der Waals surface area contributed by atoms with Gasteiger partial charge in [0, 0.05) is 24.2 Å². The standard InChI is InChI=1S/C13H19NO2/c1-8-7-14-9(2)11-5-10(15-3)6-12(16-4)13(8)11/h5-6,8-9,14H,7H2,1-4H3. The third kappa shape index (κ3) is 1.76. The Labute approximate surface area is 96.8 Å². The molecular formula is C13H19NO2. The Morgan fingerprint density at radius 1 is 1.19 bits per heavy atom. The molecule has 1 aromatic rings. The average molecular weight is 221 g/mol. The highest BCUT2D eigenvalue weighted by molar-refractivity contribution is 5.50. The Kier molecular flexibility index (Phi) is 3.06. The molecule has 2 rings (SSSR count). The molecule has 1 aliphatic heterocycles. The molecule has 88 valence electrons. The van der Waals surface area contributed by atoms with E-state index in [4.69, 9.17) is 9.47 Å². The Balaban J connectivity index is 2.58. The normalized spacial score (nSPS) is 23.8. The number of ether oxygens (including phenoxy) is 2. The van der Waals surface area contributed by atoms with Crippen molar-refractivity contribution in [2.24, 2.45) is 0 Å². The molecule has 0 aliphatic carbocycles. The van der Waals surface area contributed by atoms with Crippen LogP contribution in [-0.2, 0) is 0 Å². The lowest BCUT2D eigenvalue weighted by atomic mass is 9.87. The molecule has 1 aliphatic rings. The average Bonchev–Trinajstić information content (AvgIpc) is 2.32. The van der Waals surface area contributed by atoms with E-state index >= 15 is 0 Å². The summed E-state index contributed by atoms with van der Waals surface area (Å²) in [6.07, 6.45) is 0. The fourth-order valence-corrected chi connectivity index (χ4v) is 2.36. The van der Waals surface area contributed by atoms with Gasteiger partial charge in [-0.15, -0.1) is 0 Å². The minimum Gasteiger partial charge on any atom is -0.497 e. The summed E-state index contributed by atoms with van der Waals surface area (Å²) in [4.78, 5) is 0. The summed E-state index contributed by atoms with van der Waals surface area (Å²) < 4.78 is 10.8. The maximum Gasteiger partial charge on any atom is 0.126 e. The number of hydrogen-bond donors (Lipinski definition) is 1. The van der Waals surface area contributed by atoms with Crippen molar-refractivity contribution in [3.63, 3.8) is 0 Å². The monoisotopic (exact) mass is 221 g/mol. The highest BCUT2D eigenvalue weighted by atomic mass is 16.5. The van der Waals surface area contributed by atoms with Crippen molar-refractivity contribution in [1.82, 2.24) is 5.32 Å². The summed E-state index contributed by atoms with van der Waals surface area (Å²) in [5.74, 6) is 2.28. The van der Waals surface area contributed by atoms with E-state index < -0.39 is 0 Å². The quantitative estimate of drug-likeness (QED) is 0.832. The summed E-state index contributed by atoms with van der Waals surface area (Å²) in [7, 11) is 3.40. The van der Waals surface area contributed by atoms with Crippen LogP contribution in [-0.4, -0.2) is 20.8 Å². The van der Waals surface area contributed by atoms with Gasteiger partial charge < -0.3 is 14.8 Å². The van der Waals surface area contributed by atoms with E-state index in [2.05, 4.69) is 25.2 Å². The number of fused-ring (bicyclic) bond motifs is 1. The first-order chi connectivity index (χ1) is 7.67. The Morgan fingerprint density at radius 2 is 1.94 bits per heavy atom. The predicted molar refractivity (Wildman–Crippen MR) is 64.4 cm³/mol. The van der Waals surface area contributed by atoms with Crippen molar-refractivity contribution < 1.29 is 9.47 Å². The highest BCUT2D eigenvalue weighted by Gasteiger charge is 2.25. The van der Waals surface area contributed by atoms with Crippen LogP contribution < -0.4 is 14.8 Å². The second kappa shape index (κ2) is 4.34. The van der Waals surface area contributed by atoms with E-state index in [0.29, 0.717) is 12.0 Å². The van der Waals surface area contributed by atoms with Gasteiger partial charge in [-0.3, -0.25) is 0 Å². The van der Waals surface area contributed by atoms with Crippen molar-refractivity contribution >= 4 is 0 Å².